The SMILES string of the molecule is O=C(CC1OCCc2ccsc21)N1CCCC1Cn1cccn1. The molecule has 0 aliphatic carbocycles. The van der Waals surface area contributed by atoms with E-state index in [1.54, 1.807) is 17.5 Å². The van der Waals surface area contributed by atoms with Gasteiger partial charge in [-0.2, -0.15) is 5.10 Å². The fourth-order valence-electron chi connectivity index (χ4n) is 3.63. The molecule has 5 nitrogen and oxygen atoms in total. The second-order valence-electron chi connectivity index (χ2n) is 6.23. The van der Waals surface area contributed by atoms with Crippen molar-refractivity contribution >= 4 is 17.2 Å². The predicted octanol–water partition coefficient (Wildman–Crippen LogP) is 2.64. The van der Waals surface area contributed by atoms with Gasteiger partial charge in [0, 0.05) is 23.8 Å². The maximum Gasteiger partial charge on any atom is 0.225 e. The van der Waals surface area contributed by atoms with Crippen molar-refractivity contribution in [1.29, 1.82) is 0 Å². The highest BCUT2D eigenvalue weighted by molar-refractivity contribution is 7.10. The number of rotatable bonds is 4. The number of likely N-dealkylation sites (tertiary alicyclic amines) is 1. The zero-order chi connectivity index (χ0) is 15.6. The van der Waals surface area contributed by atoms with Gasteiger partial charge in [0.15, 0.2) is 0 Å². The number of carbonyl (C=O) groups is 1. The molecule has 0 bridgehead atoms. The highest BCUT2D eigenvalue weighted by Crippen LogP contribution is 2.35. The van der Waals surface area contributed by atoms with Crippen LogP contribution in [0.1, 0.15) is 35.8 Å². The maximum absolute atomic E-state index is 12.8. The van der Waals surface area contributed by atoms with Gasteiger partial charge in [0.25, 0.3) is 0 Å². The lowest BCUT2D eigenvalue weighted by Crippen LogP contribution is -2.39. The lowest BCUT2D eigenvalue weighted by Gasteiger charge is -2.28. The Morgan fingerprint density at radius 2 is 2.43 bits per heavy atom. The molecular weight excluding hydrogens is 310 g/mol. The van der Waals surface area contributed by atoms with Gasteiger partial charge in [-0.1, -0.05) is 0 Å². The third kappa shape index (κ3) is 3.05. The van der Waals surface area contributed by atoms with E-state index in [1.165, 1.54) is 10.4 Å². The lowest BCUT2D eigenvalue weighted by atomic mass is 10.0. The Labute approximate surface area is 139 Å². The predicted molar refractivity (Wildman–Crippen MR) is 88.3 cm³/mol. The van der Waals surface area contributed by atoms with Crippen LogP contribution in [0.25, 0.3) is 0 Å². The number of fused-ring (bicyclic) bond motifs is 1. The first kappa shape index (κ1) is 14.9. The van der Waals surface area contributed by atoms with Crippen molar-refractivity contribution in [2.24, 2.45) is 0 Å². The van der Waals surface area contributed by atoms with Crippen LogP contribution in [-0.4, -0.2) is 39.8 Å². The quantitative estimate of drug-likeness (QED) is 0.865. The van der Waals surface area contributed by atoms with E-state index in [0.717, 1.165) is 39.0 Å². The Bertz CT molecular complexity index is 667. The Hall–Kier alpha value is -1.66. The summed E-state index contributed by atoms with van der Waals surface area (Å²) in [7, 11) is 0. The molecule has 4 heterocycles. The van der Waals surface area contributed by atoms with E-state index < -0.39 is 0 Å². The van der Waals surface area contributed by atoms with E-state index in [0.29, 0.717) is 6.42 Å². The zero-order valence-corrected chi connectivity index (χ0v) is 13.9. The molecule has 23 heavy (non-hydrogen) atoms. The standard InChI is InChI=1S/C17H21N3O2S/c21-16(11-15-17-13(4-9-22-15)5-10-23-17)20-8-1-3-14(20)12-19-7-2-6-18-19/h2,5-7,10,14-15H,1,3-4,8-9,11-12H2. The average molecular weight is 331 g/mol. The summed E-state index contributed by atoms with van der Waals surface area (Å²) in [6.07, 6.45) is 7.25. The minimum Gasteiger partial charge on any atom is -0.372 e. The lowest BCUT2D eigenvalue weighted by molar-refractivity contribution is -0.135. The summed E-state index contributed by atoms with van der Waals surface area (Å²) in [4.78, 5) is 16.1. The molecule has 1 saturated heterocycles. The summed E-state index contributed by atoms with van der Waals surface area (Å²) in [6.45, 7) is 2.36. The van der Waals surface area contributed by atoms with E-state index in [-0.39, 0.29) is 18.1 Å². The first-order valence-corrected chi connectivity index (χ1v) is 9.14. The van der Waals surface area contributed by atoms with Gasteiger partial charge >= 0.3 is 0 Å². The van der Waals surface area contributed by atoms with E-state index in [1.807, 2.05) is 21.8 Å². The summed E-state index contributed by atoms with van der Waals surface area (Å²) in [6, 6.07) is 4.35. The van der Waals surface area contributed by atoms with Crippen molar-refractivity contribution < 1.29 is 9.53 Å². The molecule has 0 N–H and O–H groups in total. The van der Waals surface area contributed by atoms with Crippen molar-refractivity contribution in [2.75, 3.05) is 13.2 Å². The number of hydrogen-bond acceptors (Lipinski definition) is 4. The Morgan fingerprint density at radius 3 is 3.30 bits per heavy atom. The van der Waals surface area contributed by atoms with Gasteiger partial charge in [0.1, 0.15) is 6.10 Å². The van der Waals surface area contributed by atoms with Gasteiger partial charge in [-0.05, 0) is 42.3 Å². The van der Waals surface area contributed by atoms with Crippen molar-refractivity contribution in [2.45, 2.75) is 44.4 Å². The van der Waals surface area contributed by atoms with E-state index in [9.17, 15) is 4.79 Å². The number of ether oxygens (including phenoxy) is 1. The monoisotopic (exact) mass is 331 g/mol. The largest absolute Gasteiger partial charge is 0.372 e. The van der Waals surface area contributed by atoms with Crippen molar-refractivity contribution in [3.8, 4) is 0 Å². The topological polar surface area (TPSA) is 47.4 Å². The van der Waals surface area contributed by atoms with Crippen LogP contribution in [0.2, 0.25) is 0 Å². The molecule has 2 atom stereocenters. The van der Waals surface area contributed by atoms with E-state index in [2.05, 4.69) is 16.5 Å². The first-order chi connectivity index (χ1) is 11.3. The summed E-state index contributed by atoms with van der Waals surface area (Å²) in [5.74, 6) is 0.214. The molecule has 2 aromatic rings. The number of thiophene rings is 1. The number of carbonyl (C=O) groups excluding carboxylic acids is 1. The first-order valence-electron chi connectivity index (χ1n) is 8.26. The van der Waals surface area contributed by atoms with Gasteiger partial charge in [-0.25, -0.2) is 0 Å². The van der Waals surface area contributed by atoms with Crippen molar-refractivity contribution in [1.82, 2.24) is 14.7 Å². The Kier molecular flexibility index (Phi) is 4.18. The zero-order valence-electron chi connectivity index (χ0n) is 13.1. The highest BCUT2D eigenvalue weighted by atomic mass is 32.1. The molecule has 0 aromatic carbocycles. The minimum atomic E-state index is -0.0581. The van der Waals surface area contributed by atoms with Crippen LogP contribution in [0.5, 0.6) is 0 Å². The highest BCUT2D eigenvalue weighted by Gasteiger charge is 2.32. The van der Waals surface area contributed by atoms with Crippen LogP contribution in [-0.2, 0) is 22.5 Å². The van der Waals surface area contributed by atoms with E-state index in [4.69, 9.17) is 4.74 Å². The average Bonchev–Trinajstić information content (AvgIpc) is 3.29. The molecule has 0 radical (unpaired) electrons. The van der Waals surface area contributed by atoms with Crippen LogP contribution in [0, 0.1) is 0 Å². The molecule has 2 aliphatic heterocycles. The van der Waals surface area contributed by atoms with Gasteiger partial charge in [-0.15, -0.1) is 11.3 Å². The molecule has 2 unspecified atom stereocenters. The maximum atomic E-state index is 12.8. The fourth-order valence-corrected chi connectivity index (χ4v) is 4.63. The van der Waals surface area contributed by atoms with Crippen molar-refractivity contribution in [3.05, 3.63) is 40.3 Å². The van der Waals surface area contributed by atoms with Crippen LogP contribution < -0.4 is 0 Å². The fraction of sp³-hybridized carbons (Fsp3) is 0.529. The molecule has 2 aromatic heterocycles. The second kappa shape index (κ2) is 6.45. The summed E-state index contributed by atoms with van der Waals surface area (Å²) in [5, 5.41) is 6.37. The molecule has 0 spiro atoms. The molecule has 6 heteroatoms. The van der Waals surface area contributed by atoms with Crippen LogP contribution >= 0.6 is 11.3 Å². The van der Waals surface area contributed by atoms with Gasteiger partial charge in [0.05, 0.1) is 25.6 Å². The number of nitrogens with zero attached hydrogens (tertiary/aromatic N) is 3. The molecular formula is C17H21N3O2S. The molecule has 1 amide bonds. The molecule has 122 valence electrons. The van der Waals surface area contributed by atoms with Crippen molar-refractivity contribution in [3.63, 3.8) is 0 Å². The Morgan fingerprint density at radius 1 is 1.48 bits per heavy atom. The second-order valence-corrected chi connectivity index (χ2v) is 7.18. The number of amides is 1. The normalized spacial score (nSPS) is 23.9. The molecule has 0 saturated carbocycles. The number of aromatic nitrogens is 2. The summed E-state index contributed by atoms with van der Waals surface area (Å²) >= 11 is 1.71. The van der Waals surface area contributed by atoms with Gasteiger partial charge in [0.2, 0.25) is 5.91 Å². The molecule has 4 rings (SSSR count). The third-order valence-electron chi connectivity index (χ3n) is 4.78. The van der Waals surface area contributed by atoms with Gasteiger partial charge < -0.3 is 9.64 Å². The van der Waals surface area contributed by atoms with Gasteiger partial charge in [-0.3, -0.25) is 9.48 Å². The molecule has 2 aliphatic rings. The molecule has 1 fully saturated rings. The van der Waals surface area contributed by atoms with E-state index >= 15 is 0 Å². The third-order valence-corrected chi connectivity index (χ3v) is 5.83. The van der Waals surface area contributed by atoms with Crippen LogP contribution in [0.3, 0.4) is 0 Å². The Balaban J connectivity index is 1.43. The minimum absolute atomic E-state index is 0.0581. The van der Waals surface area contributed by atoms with Crippen LogP contribution in [0.15, 0.2) is 29.9 Å². The number of hydrogen-bond donors (Lipinski definition) is 0. The summed E-state index contributed by atoms with van der Waals surface area (Å²) < 4.78 is 7.80. The van der Waals surface area contributed by atoms with Crippen LogP contribution in [0.4, 0.5) is 0 Å². The smallest absolute Gasteiger partial charge is 0.225 e. The summed E-state index contributed by atoms with van der Waals surface area (Å²) in [5.41, 5.74) is 1.36.